The molecular weight excluding hydrogens is 520 g/mol. The van der Waals surface area contributed by atoms with Crippen molar-refractivity contribution in [2.24, 2.45) is 7.05 Å². The van der Waals surface area contributed by atoms with E-state index >= 15 is 0 Å². The van der Waals surface area contributed by atoms with Gasteiger partial charge in [-0.05, 0) is 22.6 Å². The van der Waals surface area contributed by atoms with Crippen molar-refractivity contribution in [1.29, 1.82) is 0 Å². The number of benzene rings is 1. The van der Waals surface area contributed by atoms with Gasteiger partial charge in [0.25, 0.3) is 5.91 Å². The number of hydrogen-bond donors (Lipinski definition) is 2. The average Bonchev–Trinajstić information content (AvgIpc) is 3.62. The van der Waals surface area contributed by atoms with Gasteiger partial charge in [-0.25, -0.2) is 14.2 Å². The summed E-state index contributed by atoms with van der Waals surface area (Å²) in [6, 6.07) is 4.95. The maximum absolute atomic E-state index is 13.4. The summed E-state index contributed by atoms with van der Waals surface area (Å²) in [5, 5.41) is 26.2. The van der Waals surface area contributed by atoms with Gasteiger partial charge in [-0.2, -0.15) is 19.0 Å². The van der Waals surface area contributed by atoms with Crippen LogP contribution in [0.1, 0.15) is 16.2 Å². The number of nitrogens with one attached hydrogen (secondary N) is 2. The highest BCUT2D eigenvalue weighted by atomic mass is 32.2. The normalized spacial score (nSPS) is 12.9. The first-order valence-electron chi connectivity index (χ1n) is 11.3. The summed E-state index contributed by atoms with van der Waals surface area (Å²) in [4.78, 5) is 18.4. The highest BCUT2D eigenvalue weighted by Gasteiger charge is 2.24. The minimum atomic E-state index is -3.06. The summed E-state index contributed by atoms with van der Waals surface area (Å²) in [7, 11) is 1.68. The van der Waals surface area contributed by atoms with E-state index in [0.29, 0.717) is 29.3 Å². The number of ether oxygens (including phenoxy) is 1. The van der Waals surface area contributed by atoms with Crippen LogP contribution in [0.25, 0.3) is 16.9 Å². The lowest BCUT2D eigenvalue weighted by Crippen LogP contribution is -2.13. The highest BCUT2D eigenvalue weighted by molar-refractivity contribution is 7.99. The molecule has 1 aliphatic heterocycles. The van der Waals surface area contributed by atoms with Crippen LogP contribution in [0.15, 0.2) is 47.9 Å². The molecule has 6 rings (SSSR count). The van der Waals surface area contributed by atoms with Gasteiger partial charge in [-0.15, -0.1) is 16.9 Å². The summed E-state index contributed by atoms with van der Waals surface area (Å²) < 4.78 is 36.2. The minimum absolute atomic E-state index is 0.0764. The van der Waals surface area contributed by atoms with E-state index in [0.717, 1.165) is 10.6 Å². The summed E-state index contributed by atoms with van der Waals surface area (Å²) in [6.07, 6.45) is 6.21. The first-order chi connectivity index (χ1) is 18.5. The van der Waals surface area contributed by atoms with E-state index in [-0.39, 0.29) is 29.2 Å². The van der Waals surface area contributed by atoms with E-state index < -0.39 is 12.5 Å². The number of nitrogens with zero attached hydrogens (tertiary/aromatic N) is 9. The molecule has 5 aromatic rings. The van der Waals surface area contributed by atoms with Crippen LogP contribution in [0.5, 0.6) is 5.75 Å². The quantitative estimate of drug-likeness (QED) is 0.317. The zero-order valence-corrected chi connectivity index (χ0v) is 20.6. The first kappa shape index (κ1) is 23.8. The molecule has 5 heterocycles. The Balaban J connectivity index is 1.44. The third-order valence-electron chi connectivity index (χ3n) is 5.77. The van der Waals surface area contributed by atoms with Gasteiger partial charge in [0, 0.05) is 54.5 Å². The number of anilines is 2. The van der Waals surface area contributed by atoms with E-state index in [4.69, 9.17) is 4.74 Å². The summed E-state index contributed by atoms with van der Waals surface area (Å²) in [5.74, 6) is 0.732. The first-order valence-corrected chi connectivity index (χ1v) is 12.3. The number of thioether (sulfide) groups is 1. The molecule has 1 aromatic carbocycles. The Hall–Kier alpha value is -4.60. The highest BCUT2D eigenvalue weighted by Crippen LogP contribution is 2.43. The van der Waals surface area contributed by atoms with Crippen molar-refractivity contribution >= 4 is 34.7 Å². The van der Waals surface area contributed by atoms with Crippen LogP contribution in [0, 0.1) is 0 Å². The third-order valence-corrected chi connectivity index (χ3v) is 6.83. The molecule has 194 valence electrons. The predicted octanol–water partition coefficient (Wildman–Crippen LogP) is 2.54. The molecule has 38 heavy (non-hydrogen) atoms. The third kappa shape index (κ3) is 4.49. The van der Waals surface area contributed by atoms with E-state index in [1.54, 1.807) is 49.5 Å². The molecule has 0 saturated heterocycles. The monoisotopic (exact) mass is 539 g/mol. The molecule has 0 spiro atoms. The fraction of sp³-hybridized carbons (Fsp3) is 0.227. The number of rotatable bonds is 7. The van der Waals surface area contributed by atoms with E-state index in [1.165, 1.54) is 26.1 Å². The molecule has 0 saturated carbocycles. The number of fused-ring (bicyclic) bond motifs is 2. The van der Waals surface area contributed by atoms with Crippen molar-refractivity contribution in [2.75, 3.05) is 22.9 Å². The minimum Gasteiger partial charge on any atom is -0.434 e. The molecule has 2 N–H and O–H groups in total. The number of hydrogen-bond acceptors (Lipinski definition) is 10. The number of carbonyl (C=O) groups is 1. The lowest BCUT2D eigenvalue weighted by molar-refractivity contribution is -0.0494. The van der Waals surface area contributed by atoms with Gasteiger partial charge in [-0.1, -0.05) is 0 Å². The molecule has 16 heteroatoms. The zero-order valence-electron chi connectivity index (χ0n) is 19.7. The van der Waals surface area contributed by atoms with Gasteiger partial charge in [0.1, 0.15) is 23.6 Å². The molecule has 0 atom stereocenters. The van der Waals surface area contributed by atoms with Gasteiger partial charge < -0.3 is 15.4 Å². The summed E-state index contributed by atoms with van der Waals surface area (Å²) in [5.41, 5.74) is 2.09. The van der Waals surface area contributed by atoms with Crippen LogP contribution < -0.4 is 15.4 Å². The van der Waals surface area contributed by atoms with Crippen LogP contribution in [-0.2, 0) is 13.6 Å². The van der Waals surface area contributed by atoms with Crippen molar-refractivity contribution in [3.8, 4) is 17.0 Å². The van der Waals surface area contributed by atoms with Gasteiger partial charge in [0.2, 0.25) is 0 Å². The van der Waals surface area contributed by atoms with Gasteiger partial charge in [0.15, 0.2) is 11.5 Å². The van der Waals surface area contributed by atoms with Crippen molar-refractivity contribution < 1.29 is 18.3 Å². The number of aryl methyl sites for hydroxylation is 1. The molecule has 1 amide bonds. The number of alkyl halides is 2. The topological polar surface area (TPSA) is 142 Å². The second-order valence-electron chi connectivity index (χ2n) is 8.21. The summed E-state index contributed by atoms with van der Waals surface area (Å²) >= 11 is 1.58. The number of tetrazole rings is 1. The fourth-order valence-electron chi connectivity index (χ4n) is 4.04. The molecule has 0 unspecified atom stereocenters. The van der Waals surface area contributed by atoms with E-state index in [2.05, 4.69) is 41.3 Å². The molecule has 0 aliphatic carbocycles. The Morgan fingerprint density at radius 3 is 3.05 bits per heavy atom. The van der Waals surface area contributed by atoms with Gasteiger partial charge in [0.05, 0.1) is 17.6 Å². The Bertz CT molecular complexity index is 1650. The SMILES string of the molecule is Cn1nnnc1Cn1cc(NC(=O)c2cnn3cccnc23)c(-c2cc3c(cc2OC(F)F)NCCS3)n1. The molecule has 0 fully saturated rings. The Morgan fingerprint density at radius 2 is 2.24 bits per heavy atom. The number of halogens is 2. The molecule has 13 nitrogen and oxygen atoms in total. The number of amides is 1. The largest absolute Gasteiger partial charge is 0.434 e. The summed E-state index contributed by atoms with van der Waals surface area (Å²) in [6.45, 7) is -2.20. The van der Waals surface area contributed by atoms with Crippen molar-refractivity contribution in [1.82, 2.24) is 44.6 Å². The molecule has 0 bridgehead atoms. The Kier molecular flexibility index (Phi) is 6.07. The fourth-order valence-corrected chi connectivity index (χ4v) is 4.95. The van der Waals surface area contributed by atoms with E-state index in [9.17, 15) is 13.6 Å². The number of aromatic nitrogens is 9. The van der Waals surface area contributed by atoms with Gasteiger partial charge in [-0.3, -0.25) is 9.48 Å². The average molecular weight is 540 g/mol. The van der Waals surface area contributed by atoms with Crippen LogP contribution in [0.2, 0.25) is 0 Å². The van der Waals surface area contributed by atoms with Gasteiger partial charge >= 0.3 is 6.61 Å². The zero-order chi connectivity index (χ0) is 26.2. The Morgan fingerprint density at radius 1 is 1.34 bits per heavy atom. The van der Waals surface area contributed by atoms with Crippen LogP contribution in [0.4, 0.5) is 20.2 Å². The lowest BCUT2D eigenvalue weighted by Gasteiger charge is -2.20. The maximum Gasteiger partial charge on any atom is 0.387 e. The molecule has 1 aliphatic rings. The van der Waals surface area contributed by atoms with Crippen molar-refractivity contribution in [3.63, 3.8) is 0 Å². The Labute approximate surface area is 217 Å². The number of carbonyl (C=O) groups excluding carboxylic acids is 1. The second-order valence-corrected chi connectivity index (χ2v) is 9.34. The predicted molar refractivity (Wildman–Crippen MR) is 132 cm³/mol. The molecule has 4 aromatic heterocycles. The maximum atomic E-state index is 13.4. The van der Waals surface area contributed by atoms with Crippen LogP contribution in [-0.4, -0.2) is 69.4 Å². The second kappa shape index (κ2) is 9.70. The lowest BCUT2D eigenvalue weighted by atomic mass is 10.1. The van der Waals surface area contributed by atoms with Crippen molar-refractivity contribution in [3.05, 3.63) is 54.4 Å². The smallest absolute Gasteiger partial charge is 0.387 e. The van der Waals surface area contributed by atoms with Crippen LogP contribution in [0.3, 0.4) is 0 Å². The van der Waals surface area contributed by atoms with Crippen molar-refractivity contribution in [2.45, 2.75) is 18.1 Å². The van der Waals surface area contributed by atoms with E-state index in [1.807, 2.05) is 0 Å². The standard InChI is InChI=1S/C22H19F2N11O2S/c1-33-18(29-31-32-33)11-34-10-15(28-21(36)13-9-27-35-5-2-3-26-20(13)35)19(30-34)12-7-17-14(25-4-6-38-17)8-16(12)37-22(23)24/h2-3,5,7-10,22,25H,4,6,11H2,1H3,(H,28,36). The molecular formula is C22H19F2N11O2S. The van der Waals surface area contributed by atoms with Crippen LogP contribution >= 0.6 is 11.8 Å². The molecule has 0 radical (unpaired) electrons.